The molecule has 1 aromatic rings. The summed E-state index contributed by atoms with van der Waals surface area (Å²) in [6.45, 7) is 8.80. The second-order valence-electron chi connectivity index (χ2n) is 4.85. The van der Waals surface area contributed by atoms with E-state index in [1.165, 1.54) is 12.8 Å². The summed E-state index contributed by atoms with van der Waals surface area (Å²) in [5.74, 6) is 0.887. The van der Waals surface area contributed by atoms with Gasteiger partial charge in [-0.2, -0.15) is 5.10 Å². The summed E-state index contributed by atoms with van der Waals surface area (Å²) in [4.78, 5) is 4.29. The largest absolute Gasteiger partial charge is 0.389 e. The van der Waals surface area contributed by atoms with Crippen molar-refractivity contribution in [3.63, 3.8) is 0 Å². The lowest BCUT2D eigenvalue weighted by molar-refractivity contribution is 0.546. The van der Waals surface area contributed by atoms with Crippen LogP contribution in [0.3, 0.4) is 0 Å². The Bertz CT molecular complexity index is 364. The van der Waals surface area contributed by atoms with Crippen LogP contribution in [0.25, 0.3) is 0 Å². The number of aromatic amines is 1. The van der Waals surface area contributed by atoms with E-state index in [0.717, 1.165) is 12.5 Å². The molecule has 2 rings (SSSR count). The maximum absolute atomic E-state index is 4.29. The minimum Gasteiger partial charge on any atom is -0.389 e. The third-order valence-electron chi connectivity index (χ3n) is 3.68. The molecule has 1 aliphatic rings. The van der Waals surface area contributed by atoms with Crippen molar-refractivity contribution in [2.75, 3.05) is 18.1 Å². The predicted octanol–water partition coefficient (Wildman–Crippen LogP) is 0.161. The van der Waals surface area contributed by atoms with Gasteiger partial charge >= 0.3 is 6.98 Å². The van der Waals surface area contributed by atoms with Crippen molar-refractivity contribution in [1.82, 2.24) is 24.4 Å². The molecule has 1 fully saturated rings. The number of nitrogens with one attached hydrogen (secondary N) is 1. The number of aromatic nitrogens is 3. The van der Waals surface area contributed by atoms with E-state index in [0.29, 0.717) is 14.0 Å². The molecule has 97 valence electrons. The van der Waals surface area contributed by atoms with Crippen LogP contribution in [-0.2, 0) is 0 Å². The van der Waals surface area contributed by atoms with Crippen molar-refractivity contribution in [2.24, 2.45) is 0 Å². The van der Waals surface area contributed by atoms with Crippen LogP contribution >= 0.6 is 0 Å². The number of rotatable bonds is 4. The average Bonchev–Trinajstić information content (AvgIpc) is 2.87. The second-order valence-corrected chi connectivity index (χ2v) is 6.45. The lowest BCUT2D eigenvalue weighted by Crippen LogP contribution is -2.71. The summed E-state index contributed by atoms with van der Waals surface area (Å²) < 4.78 is 7.28. The van der Waals surface area contributed by atoms with Gasteiger partial charge in [0, 0.05) is 0 Å². The highest BCUT2D eigenvalue weighted by molar-refractivity contribution is 6.86. The van der Waals surface area contributed by atoms with E-state index >= 15 is 0 Å². The number of anilines is 1. The first kappa shape index (κ1) is 13.6. The van der Waals surface area contributed by atoms with Crippen LogP contribution < -0.4 is 4.48 Å². The lowest BCUT2D eigenvalue weighted by atomic mass is 9.62. The fourth-order valence-electron chi connectivity index (χ4n) is 2.36. The molecular formula is C9H21B2N6Si. The number of H-pyrrole nitrogens is 1. The first-order valence-electron chi connectivity index (χ1n) is 6.61. The van der Waals surface area contributed by atoms with Gasteiger partial charge < -0.3 is 13.7 Å². The van der Waals surface area contributed by atoms with Gasteiger partial charge in [-0.25, -0.2) is 10.1 Å². The van der Waals surface area contributed by atoms with Crippen molar-refractivity contribution in [2.45, 2.75) is 33.4 Å². The Morgan fingerprint density at radius 2 is 2.17 bits per heavy atom. The van der Waals surface area contributed by atoms with Gasteiger partial charge in [0.25, 0.3) is 6.98 Å². The zero-order valence-electron chi connectivity index (χ0n) is 11.7. The number of hydrogen-bond donors (Lipinski definition) is 1. The standard InChI is InChI=1S/C9H21B2N6Si/c1-5-6-7-16-10(2)15(4)18-17(11(16)3)9-12-8-13-14-9/h8,18H,5-7H2,1-4H3,(H,12,13,14). The summed E-state index contributed by atoms with van der Waals surface area (Å²) >= 11 is 0. The summed E-state index contributed by atoms with van der Waals surface area (Å²) in [7, 11) is 2.25. The minimum absolute atomic E-state index is 0.0616. The first-order valence-corrected chi connectivity index (χ1v) is 7.64. The molecule has 0 aromatic carbocycles. The molecule has 1 radical (unpaired) electrons. The van der Waals surface area contributed by atoms with Crippen molar-refractivity contribution < 1.29 is 0 Å². The fourth-order valence-corrected chi connectivity index (χ4v) is 3.72. The van der Waals surface area contributed by atoms with Crippen LogP contribution in [0, 0.1) is 0 Å². The second kappa shape index (κ2) is 5.90. The molecule has 0 unspecified atom stereocenters. The van der Waals surface area contributed by atoms with E-state index in [2.05, 4.69) is 56.5 Å². The van der Waals surface area contributed by atoms with Crippen LogP contribution in [0.2, 0.25) is 13.6 Å². The molecule has 0 spiro atoms. The zero-order valence-corrected chi connectivity index (χ0v) is 12.8. The molecule has 1 N–H and O–H groups in total. The normalized spacial score (nSPS) is 18.8. The summed E-state index contributed by atoms with van der Waals surface area (Å²) in [6.07, 6.45) is 4.05. The number of unbranched alkanes of at least 4 members (excludes halogenated alkanes) is 1. The molecular weight excluding hydrogens is 242 g/mol. The average molecular weight is 263 g/mol. The number of nitrogens with zero attached hydrogens (tertiary/aromatic N) is 5. The Kier molecular flexibility index (Phi) is 4.47. The smallest absolute Gasteiger partial charge is 0.323 e. The van der Waals surface area contributed by atoms with Crippen molar-refractivity contribution in [3.05, 3.63) is 6.33 Å². The molecule has 9 heteroatoms. The molecule has 1 aromatic heterocycles. The molecule has 0 amide bonds. The van der Waals surface area contributed by atoms with Gasteiger partial charge in [0.1, 0.15) is 6.33 Å². The predicted molar refractivity (Wildman–Crippen MR) is 78.6 cm³/mol. The van der Waals surface area contributed by atoms with Gasteiger partial charge in [-0.3, -0.25) is 0 Å². The van der Waals surface area contributed by atoms with Crippen molar-refractivity contribution >= 4 is 29.8 Å². The van der Waals surface area contributed by atoms with Crippen molar-refractivity contribution in [1.29, 1.82) is 0 Å². The maximum Gasteiger partial charge on any atom is 0.323 e. The Morgan fingerprint density at radius 3 is 2.78 bits per heavy atom. The maximum atomic E-state index is 4.29. The van der Waals surface area contributed by atoms with E-state index in [4.69, 9.17) is 0 Å². The van der Waals surface area contributed by atoms with Gasteiger partial charge in [0.2, 0.25) is 15.8 Å². The number of hydrogen-bond acceptors (Lipinski definition) is 5. The highest BCUT2D eigenvalue weighted by Crippen LogP contribution is 2.18. The van der Waals surface area contributed by atoms with Crippen LogP contribution in [0.15, 0.2) is 6.33 Å². The fraction of sp³-hybridized carbons (Fsp3) is 0.778. The van der Waals surface area contributed by atoms with Crippen LogP contribution in [0.4, 0.5) is 5.95 Å². The van der Waals surface area contributed by atoms with Gasteiger partial charge in [-0.1, -0.05) is 27.0 Å². The lowest BCUT2D eigenvalue weighted by Gasteiger charge is -2.47. The third-order valence-corrected chi connectivity index (χ3v) is 5.40. The summed E-state index contributed by atoms with van der Waals surface area (Å²) in [5, 5.41) is 6.94. The summed E-state index contributed by atoms with van der Waals surface area (Å²) in [6, 6.07) is 0. The third kappa shape index (κ3) is 2.62. The Morgan fingerprint density at radius 1 is 1.39 bits per heavy atom. The molecule has 1 saturated heterocycles. The van der Waals surface area contributed by atoms with Gasteiger partial charge in [-0.05, 0) is 20.0 Å². The van der Waals surface area contributed by atoms with Crippen molar-refractivity contribution in [3.8, 4) is 0 Å². The summed E-state index contributed by atoms with van der Waals surface area (Å²) in [5.41, 5.74) is 0. The monoisotopic (exact) mass is 263 g/mol. The SMILES string of the molecule is CCCCN1B(C)N(C)[SiH]N(c2ncn[nH]2)B1C. The Balaban J connectivity index is 2.13. The molecule has 6 nitrogen and oxygen atoms in total. The highest BCUT2D eigenvalue weighted by atomic mass is 28.2. The molecule has 2 heterocycles. The van der Waals surface area contributed by atoms with E-state index < -0.39 is 0 Å². The quantitative estimate of drug-likeness (QED) is 0.784. The van der Waals surface area contributed by atoms with Gasteiger partial charge in [-0.15, -0.1) is 0 Å². The molecule has 18 heavy (non-hydrogen) atoms. The first-order chi connectivity index (χ1) is 8.65. The van der Waals surface area contributed by atoms with E-state index in [9.17, 15) is 0 Å². The molecule has 0 atom stereocenters. The van der Waals surface area contributed by atoms with E-state index in [-0.39, 0.29) is 9.84 Å². The Hall–Kier alpha value is -0.793. The van der Waals surface area contributed by atoms with Crippen LogP contribution in [-0.4, -0.2) is 61.8 Å². The van der Waals surface area contributed by atoms with Gasteiger partial charge in [0.15, 0.2) is 0 Å². The highest BCUT2D eigenvalue weighted by Gasteiger charge is 2.40. The molecule has 0 aliphatic carbocycles. The Labute approximate surface area is 112 Å². The van der Waals surface area contributed by atoms with Crippen LogP contribution in [0.5, 0.6) is 0 Å². The van der Waals surface area contributed by atoms with Crippen LogP contribution in [0.1, 0.15) is 19.8 Å². The van der Waals surface area contributed by atoms with Gasteiger partial charge in [0.05, 0.1) is 0 Å². The molecule has 1 aliphatic heterocycles. The van der Waals surface area contributed by atoms with E-state index in [1.54, 1.807) is 6.33 Å². The molecule has 0 bridgehead atoms. The zero-order chi connectivity index (χ0) is 13.1. The molecule has 0 saturated carbocycles. The van der Waals surface area contributed by atoms with E-state index in [1.807, 2.05) is 0 Å². The minimum atomic E-state index is 0.0616. The topological polar surface area (TPSA) is 51.3 Å².